The van der Waals surface area contributed by atoms with Crippen molar-refractivity contribution in [3.05, 3.63) is 6.92 Å². The van der Waals surface area contributed by atoms with Gasteiger partial charge < -0.3 is 5.11 Å². The predicted octanol–water partition coefficient (Wildman–Crippen LogP) is 0.785. The van der Waals surface area contributed by atoms with Gasteiger partial charge in [-0.25, -0.2) is 8.42 Å². The van der Waals surface area contributed by atoms with Crippen molar-refractivity contribution in [1.82, 2.24) is 0 Å². The summed E-state index contributed by atoms with van der Waals surface area (Å²) in [5.41, 5.74) is -1.21. The third kappa shape index (κ3) is 3.11. The molecule has 1 radical (unpaired) electrons. The van der Waals surface area contributed by atoms with E-state index in [2.05, 4.69) is 6.92 Å². The topological polar surface area (TPSA) is 54.4 Å². The first-order valence-electron chi connectivity index (χ1n) is 3.96. The Morgan fingerprint density at radius 1 is 1.58 bits per heavy atom. The maximum absolute atomic E-state index is 11.0. The Bertz CT molecular complexity index is 229. The van der Waals surface area contributed by atoms with Gasteiger partial charge in [0.2, 0.25) is 0 Å². The first kappa shape index (κ1) is 11.9. The SMILES string of the molecule is [CH2]C(C(C)(O)CCC)S(C)(=O)=O. The van der Waals surface area contributed by atoms with E-state index in [9.17, 15) is 13.5 Å². The zero-order valence-corrected chi connectivity index (χ0v) is 8.69. The van der Waals surface area contributed by atoms with Crippen molar-refractivity contribution in [2.24, 2.45) is 0 Å². The van der Waals surface area contributed by atoms with Crippen molar-refractivity contribution >= 4 is 9.84 Å². The minimum absolute atomic E-state index is 0.453. The molecule has 0 saturated carbocycles. The van der Waals surface area contributed by atoms with Crippen LogP contribution in [-0.2, 0) is 9.84 Å². The maximum Gasteiger partial charge on any atom is 0.153 e. The largest absolute Gasteiger partial charge is 0.389 e. The third-order valence-corrected chi connectivity index (χ3v) is 3.51. The second-order valence-corrected chi connectivity index (χ2v) is 5.65. The zero-order valence-electron chi connectivity index (χ0n) is 7.87. The van der Waals surface area contributed by atoms with E-state index < -0.39 is 20.7 Å². The summed E-state index contributed by atoms with van der Waals surface area (Å²) in [5, 5.41) is 8.74. The molecule has 0 aromatic rings. The van der Waals surface area contributed by atoms with Crippen LogP contribution < -0.4 is 0 Å². The summed E-state index contributed by atoms with van der Waals surface area (Å²) in [6, 6.07) is 0. The molecule has 0 heterocycles. The minimum Gasteiger partial charge on any atom is -0.389 e. The van der Waals surface area contributed by atoms with Crippen LogP contribution in [0.2, 0.25) is 0 Å². The van der Waals surface area contributed by atoms with E-state index in [1.165, 1.54) is 6.92 Å². The van der Waals surface area contributed by atoms with Gasteiger partial charge in [0.25, 0.3) is 0 Å². The van der Waals surface area contributed by atoms with E-state index in [0.717, 1.165) is 12.7 Å². The molecular weight excluding hydrogens is 176 g/mol. The quantitative estimate of drug-likeness (QED) is 0.718. The summed E-state index contributed by atoms with van der Waals surface area (Å²) in [4.78, 5) is 0. The molecule has 0 aliphatic heterocycles. The summed E-state index contributed by atoms with van der Waals surface area (Å²) in [6.45, 7) is 6.86. The lowest BCUT2D eigenvalue weighted by molar-refractivity contribution is 0.0557. The van der Waals surface area contributed by atoms with E-state index >= 15 is 0 Å². The Morgan fingerprint density at radius 3 is 2.25 bits per heavy atom. The number of rotatable bonds is 4. The number of sulfone groups is 1. The van der Waals surface area contributed by atoms with Crippen LogP contribution in [0.15, 0.2) is 0 Å². The molecule has 3 nitrogen and oxygen atoms in total. The fraction of sp³-hybridized carbons (Fsp3) is 0.875. The fourth-order valence-electron chi connectivity index (χ4n) is 1.13. The van der Waals surface area contributed by atoms with Crippen molar-refractivity contribution in [3.8, 4) is 0 Å². The van der Waals surface area contributed by atoms with Crippen molar-refractivity contribution in [2.75, 3.05) is 6.26 Å². The van der Waals surface area contributed by atoms with Gasteiger partial charge in [0.15, 0.2) is 9.84 Å². The number of hydrogen-bond donors (Lipinski definition) is 1. The number of aliphatic hydroxyl groups is 1. The van der Waals surface area contributed by atoms with Crippen LogP contribution >= 0.6 is 0 Å². The monoisotopic (exact) mass is 193 g/mol. The normalized spacial score (nSPS) is 20.1. The van der Waals surface area contributed by atoms with Crippen LogP contribution in [0.5, 0.6) is 0 Å². The first-order valence-corrected chi connectivity index (χ1v) is 5.91. The number of hydrogen-bond acceptors (Lipinski definition) is 3. The van der Waals surface area contributed by atoms with Gasteiger partial charge in [0, 0.05) is 6.26 Å². The highest BCUT2D eigenvalue weighted by Gasteiger charge is 2.34. The lowest BCUT2D eigenvalue weighted by Crippen LogP contribution is -2.42. The maximum atomic E-state index is 11.0. The summed E-state index contributed by atoms with van der Waals surface area (Å²) in [5.74, 6) is 0. The molecule has 2 atom stereocenters. The Hall–Kier alpha value is -0.0900. The van der Waals surface area contributed by atoms with Crippen LogP contribution in [0.1, 0.15) is 26.7 Å². The average Bonchev–Trinajstić information content (AvgIpc) is 1.84. The highest BCUT2D eigenvalue weighted by molar-refractivity contribution is 7.91. The highest BCUT2D eigenvalue weighted by Crippen LogP contribution is 2.21. The Kier molecular flexibility index (Phi) is 3.72. The second-order valence-electron chi connectivity index (χ2n) is 3.43. The van der Waals surface area contributed by atoms with Crippen molar-refractivity contribution in [2.45, 2.75) is 37.5 Å². The van der Waals surface area contributed by atoms with Gasteiger partial charge >= 0.3 is 0 Å². The lowest BCUT2D eigenvalue weighted by atomic mass is 9.97. The average molecular weight is 193 g/mol. The molecule has 0 rings (SSSR count). The van der Waals surface area contributed by atoms with E-state index in [4.69, 9.17) is 0 Å². The van der Waals surface area contributed by atoms with Crippen LogP contribution in [0.4, 0.5) is 0 Å². The zero-order chi connectivity index (χ0) is 9.99. The molecule has 0 amide bonds. The molecule has 12 heavy (non-hydrogen) atoms. The van der Waals surface area contributed by atoms with E-state index in [1.807, 2.05) is 6.92 Å². The van der Waals surface area contributed by atoms with Crippen LogP contribution in [-0.4, -0.2) is 30.6 Å². The molecule has 1 N–H and O–H groups in total. The molecule has 2 unspecified atom stereocenters. The lowest BCUT2D eigenvalue weighted by Gasteiger charge is -2.28. The van der Waals surface area contributed by atoms with E-state index in [1.54, 1.807) is 0 Å². The molecule has 0 aromatic heterocycles. The first-order chi connectivity index (χ1) is 5.22. The molecule has 0 bridgehead atoms. The molecule has 73 valence electrons. The van der Waals surface area contributed by atoms with Gasteiger partial charge in [-0.2, -0.15) is 0 Å². The minimum atomic E-state index is -3.24. The Morgan fingerprint density at radius 2 is 2.00 bits per heavy atom. The van der Waals surface area contributed by atoms with Gasteiger partial charge in [-0.05, 0) is 20.3 Å². The van der Waals surface area contributed by atoms with Crippen molar-refractivity contribution in [3.63, 3.8) is 0 Å². The molecular formula is C8H17O3S. The molecule has 0 fully saturated rings. The molecule has 4 heteroatoms. The van der Waals surface area contributed by atoms with Gasteiger partial charge in [-0.1, -0.05) is 13.3 Å². The Labute approximate surface area is 74.7 Å². The smallest absolute Gasteiger partial charge is 0.153 e. The fourth-order valence-corrected chi connectivity index (χ4v) is 2.17. The highest BCUT2D eigenvalue weighted by atomic mass is 32.2. The van der Waals surface area contributed by atoms with E-state index in [-0.39, 0.29) is 0 Å². The summed E-state index contributed by atoms with van der Waals surface area (Å²) in [7, 11) is -3.24. The second kappa shape index (κ2) is 3.75. The molecule has 0 aromatic carbocycles. The third-order valence-electron chi connectivity index (χ3n) is 1.97. The standard InChI is InChI=1S/C8H17O3S/c1-5-6-8(3,9)7(2)12(4,10)11/h7,9H,2,5-6H2,1,3-4H3. The van der Waals surface area contributed by atoms with Gasteiger partial charge in [-0.3, -0.25) is 0 Å². The van der Waals surface area contributed by atoms with Crippen molar-refractivity contribution < 1.29 is 13.5 Å². The predicted molar refractivity (Wildman–Crippen MR) is 49.5 cm³/mol. The molecule has 0 aliphatic carbocycles. The van der Waals surface area contributed by atoms with Gasteiger partial charge in [0.05, 0.1) is 10.9 Å². The van der Waals surface area contributed by atoms with Gasteiger partial charge in [0.1, 0.15) is 0 Å². The van der Waals surface area contributed by atoms with Gasteiger partial charge in [-0.15, -0.1) is 0 Å². The Balaban J connectivity index is 4.57. The van der Waals surface area contributed by atoms with Crippen LogP contribution in [0.25, 0.3) is 0 Å². The van der Waals surface area contributed by atoms with Crippen LogP contribution in [0.3, 0.4) is 0 Å². The summed E-state index contributed by atoms with van der Waals surface area (Å²) < 4.78 is 22.1. The molecule has 0 saturated heterocycles. The van der Waals surface area contributed by atoms with Crippen LogP contribution in [0, 0.1) is 6.92 Å². The van der Waals surface area contributed by atoms with E-state index in [0.29, 0.717) is 6.42 Å². The summed E-state index contributed by atoms with van der Waals surface area (Å²) >= 11 is 0. The molecule has 0 aliphatic rings. The van der Waals surface area contributed by atoms with Crippen molar-refractivity contribution in [1.29, 1.82) is 0 Å². The summed E-state index contributed by atoms with van der Waals surface area (Å²) in [6.07, 6.45) is 2.29. The molecule has 0 spiro atoms.